The summed E-state index contributed by atoms with van der Waals surface area (Å²) in [5.74, 6) is 0.787. The van der Waals surface area contributed by atoms with Crippen LogP contribution in [0.5, 0.6) is 0 Å². The number of nitrogens with zero attached hydrogens (tertiary/aromatic N) is 4. The summed E-state index contributed by atoms with van der Waals surface area (Å²) in [7, 11) is 0. The molecule has 0 N–H and O–H groups in total. The number of benzene rings is 2. The molecule has 2 aromatic heterocycles. The fraction of sp³-hybridized carbons (Fsp3) is 0.150. The van der Waals surface area contributed by atoms with Crippen LogP contribution in [-0.2, 0) is 12.2 Å². The van der Waals surface area contributed by atoms with Crippen molar-refractivity contribution >= 4 is 29.0 Å². The molecule has 4 rings (SSSR count). The molecule has 0 amide bonds. The summed E-state index contributed by atoms with van der Waals surface area (Å²) in [4.78, 5) is 0. The van der Waals surface area contributed by atoms with E-state index in [1.165, 1.54) is 11.1 Å². The van der Waals surface area contributed by atoms with Crippen LogP contribution in [-0.4, -0.2) is 19.8 Å². The molecule has 0 atom stereocenters. The molecule has 130 valence electrons. The standard InChI is InChI=1S/C20H17ClN4S/c1-2-14-3-7-16(8-4-14)18-11-12-19-22-23-20(25(19)24-18)26-13-15-5-9-17(21)10-6-15/h3-12H,2,13H2,1H3. The quantitative estimate of drug-likeness (QED) is 0.440. The van der Waals surface area contributed by atoms with Crippen molar-refractivity contribution in [1.82, 2.24) is 19.8 Å². The monoisotopic (exact) mass is 380 g/mol. The van der Waals surface area contributed by atoms with Crippen molar-refractivity contribution in [2.24, 2.45) is 0 Å². The Morgan fingerprint density at radius 2 is 1.62 bits per heavy atom. The van der Waals surface area contributed by atoms with Crippen molar-refractivity contribution in [3.05, 3.63) is 76.8 Å². The third kappa shape index (κ3) is 3.59. The lowest BCUT2D eigenvalue weighted by atomic mass is 10.1. The van der Waals surface area contributed by atoms with Gasteiger partial charge in [0.05, 0.1) is 5.69 Å². The van der Waals surface area contributed by atoms with E-state index in [0.29, 0.717) is 0 Å². The Bertz CT molecular complexity index is 1030. The Morgan fingerprint density at radius 1 is 0.885 bits per heavy atom. The van der Waals surface area contributed by atoms with Gasteiger partial charge >= 0.3 is 0 Å². The zero-order valence-corrected chi connectivity index (χ0v) is 15.8. The summed E-state index contributed by atoms with van der Waals surface area (Å²) in [6.45, 7) is 2.15. The van der Waals surface area contributed by atoms with Crippen molar-refractivity contribution in [3.63, 3.8) is 0 Å². The number of aryl methyl sites for hydroxylation is 1. The molecular weight excluding hydrogens is 364 g/mol. The van der Waals surface area contributed by atoms with Gasteiger partial charge in [0, 0.05) is 16.3 Å². The zero-order valence-electron chi connectivity index (χ0n) is 14.3. The van der Waals surface area contributed by atoms with Gasteiger partial charge in [-0.1, -0.05) is 66.7 Å². The predicted octanol–water partition coefficient (Wildman–Crippen LogP) is 5.30. The Balaban J connectivity index is 1.60. The van der Waals surface area contributed by atoms with Crippen molar-refractivity contribution in [2.75, 3.05) is 0 Å². The average Bonchev–Trinajstić information content (AvgIpc) is 3.10. The highest BCUT2D eigenvalue weighted by molar-refractivity contribution is 7.98. The highest BCUT2D eigenvalue weighted by Crippen LogP contribution is 2.24. The van der Waals surface area contributed by atoms with Gasteiger partial charge in [0.15, 0.2) is 5.65 Å². The third-order valence-electron chi connectivity index (χ3n) is 4.17. The van der Waals surface area contributed by atoms with Crippen LogP contribution in [0.3, 0.4) is 0 Å². The molecule has 0 fully saturated rings. The number of hydrogen-bond donors (Lipinski definition) is 0. The first-order chi connectivity index (χ1) is 12.7. The third-order valence-corrected chi connectivity index (χ3v) is 5.42. The smallest absolute Gasteiger partial charge is 0.187 e. The van der Waals surface area contributed by atoms with E-state index in [4.69, 9.17) is 16.7 Å². The second kappa shape index (κ2) is 7.48. The van der Waals surface area contributed by atoms with Gasteiger partial charge in [-0.3, -0.25) is 0 Å². The average molecular weight is 381 g/mol. The summed E-state index contributed by atoms with van der Waals surface area (Å²) in [6.07, 6.45) is 1.03. The normalized spacial score (nSPS) is 11.2. The van der Waals surface area contributed by atoms with E-state index in [1.54, 1.807) is 11.8 Å². The molecule has 0 saturated carbocycles. The van der Waals surface area contributed by atoms with Gasteiger partial charge in [-0.25, -0.2) is 0 Å². The molecule has 0 saturated heterocycles. The van der Waals surface area contributed by atoms with Crippen LogP contribution in [0.15, 0.2) is 65.8 Å². The van der Waals surface area contributed by atoms with Gasteiger partial charge in [-0.15, -0.1) is 10.2 Å². The van der Waals surface area contributed by atoms with E-state index in [2.05, 4.69) is 41.4 Å². The maximum absolute atomic E-state index is 5.94. The summed E-state index contributed by atoms with van der Waals surface area (Å²) < 4.78 is 1.81. The molecule has 26 heavy (non-hydrogen) atoms. The van der Waals surface area contributed by atoms with Crippen LogP contribution in [0.25, 0.3) is 16.9 Å². The summed E-state index contributed by atoms with van der Waals surface area (Å²) >= 11 is 7.55. The largest absolute Gasteiger partial charge is 0.212 e. The molecule has 0 aliphatic heterocycles. The SMILES string of the molecule is CCc1ccc(-c2ccc3nnc(SCc4ccc(Cl)cc4)n3n2)cc1. The minimum absolute atomic E-state index is 0.743. The lowest BCUT2D eigenvalue weighted by Crippen LogP contribution is -1.96. The molecule has 2 heterocycles. The highest BCUT2D eigenvalue weighted by atomic mass is 35.5. The molecule has 2 aromatic carbocycles. The molecule has 6 heteroatoms. The van der Waals surface area contributed by atoms with Crippen molar-refractivity contribution < 1.29 is 0 Å². The van der Waals surface area contributed by atoms with Crippen LogP contribution in [0.2, 0.25) is 5.02 Å². The summed E-state index contributed by atoms with van der Waals surface area (Å²) in [5.41, 5.74) is 5.25. The van der Waals surface area contributed by atoms with Crippen molar-refractivity contribution in [1.29, 1.82) is 0 Å². The second-order valence-electron chi connectivity index (χ2n) is 5.94. The highest BCUT2D eigenvalue weighted by Gasteiger charge is 2.10. The Labute approximate surface area is 161 Å². The van der Waals surface area contributed by atoms with E-state index < -0.39 is 0 Å². The molecule has 4 nitrogen and oxygen atoms in total. The molecule has 0 radical (unpaired) electrons. The van der Waals surface area contributed by atoms with Gasteiger partial charge in [-0.2, -0.15) is 9.61 Å². The van der Waals surface area contributed by atoms with Crippen LogP contribution in [0, 0.1) is 0 Å². The van der Waals surface area contributed by atoms with E-state index in [0.717, 1.165) is 39.3 Å². The molecule has 0 aliphatic carbocycles. The Morgan fingerprint density at radius 3 is 2.35 bits per heavy atom. The Kier molecular flexibility index (Phi) is 4.91. The number of hydrogen-bond acceptors (Lipinski definition) is 4. The van der Waals surface area contributed by atoms with Crippen LogP contribution < -0.4 is 0 Å². The van der Waals surface area contributed by atoms with Gasteiger partial charge in [0.1, 0.15) is 0 Å². The molecule has 0 unspecified atom stereocenters. The van der Waals surface area contributed by atoms with Gasteiger partial charge < -0.3 is 0 Å². The minimum atomic E-state index is 0.743. The fourth-order valence-electron chi connectivity index (χ4n) is 2.65. The summed E-state index contributed by atoms with van der Waals surface area (Å²) in [5, 5.41) is 14.8. The maximum Gasteiger partial charge on any atom is 0.212 e. The number of thioether (sulfide) groups is 1. The van der Waals surface area contributed by atoms with Crippen LogP contribution >= 0.6 is 23.4 Å². The van der Waals surface area contributed by atoms with Crippen molar-refractivity contribution in [3.8, 4) is 11.3 Å². The molecule has 4 aromatic rings. The second-order valence-corrected chi connectivity index (χ2v) is 7.32. The first-order valence-electron chi connectivity index (χ1n) is 8.42. The van der Waals surface area contributed by atoms with Crippen LogP contribution in [0.4, 0.5) is 0 Å². The van der Waals surface area contributed by atoms with Gasteiger partial charge in [-0.05, 0) is 41.8 Å². The number of halogens is 1. The molecule has 0 bridgehead atoms. The van der Waals surface area contributed by atoms with E-state index in [9.17, 15) is 0 Å². The Hall–Kier alpha value is -2.37. The summed E-state index contributed by atoms with van der Waals surface area (Å²) in [6, 6.07) is 20.3. The van der Waals surface area contributed by atoms with Crippen LogP contribution in [0.1, 0.15) is 18.1 Å². The molecular formula is C20H17ClN4S. The lowest BCUT2D eigenvalue weighted by molar-refractivity contribution is 0.813. The predicted molar refractivity (Wildman–Crippen MR) is 107 cm³/mol. The van der Waals surface area contributed by atoms with Gasteiger partial charge in [0.2, 0.25) is 5.16 Å². The van der Waals surface area contributed by atoms with E-state index in [-0.39, 0.29) is 0 Å². The number of aromatic nitrogens is 4. The minimum Gasteiger partial charge on any atom is -0.187 e. The number of fused-ring (bicyclic) bond motifs is 1. The number of rotatable bonds is 5. The van der Waals surface area contributed by atoms with Crippen molar-refractivity contribution in [2.45, 2.75) is 24.3 Å². The van der Waals surface area contributed by atoms with E-state index >= 15 is 0 Å². The maximum atomic E-state index is 5.94. The zero-order chi connectivity index (χ0) is 17.9. The fourth-order valence-corrected chi connectivity index (χ4v) is 3.62. The van der Waals surface area contributed by atoms with E-state index in [1.807, 2.05) is 40.9 Å². The topological polar surface area (TPSA) is 43.1 Å². The first kappa shape index (κ1) is 17.1. The lowest BCUT2D eigenvalue weighted by Gasteiger charge is -2.04. The first-order valence-corrected chi connectivity index (χ1v) is 9.78. The molecule has 0 spiro atoms. The van der Waals surface area contributed by atoms with Gasteiger partial charge in [0.25, 0.3) is 0 Å². The molecule has 0 aliphatic rings.